The minimum atomic E-state index is -0.621. The molecular formula is C26H40N2O3. The largest absolute Gasteiger partial charge is 0.387 e. The summed E-state index contributed by atoms with van der Waals surface area (Å²) >= 11 is 0. The average Bonchev–Trinajstić information content (AvgIpc) is 3.35. The lowest BCUT2D eigenvalue weighted by atomic mass is 9.43. The zero-order chi connectivity index (χ0) is 21.9. The molecule has 5 rings (SSSR count). The lowest BCUT2D eigenvalue weighted by Crippen LogP contribution is -2.56. The van der Waals surface area contributed by atoms with Crippen LogP contribution in [0.2, 0.25) is 0 Å². The van der Waals surface area contributed by atoms with Gasteiger partial charge in [0, 0.05) is 25.4 Å². The Balaban J connectivity index is 1.34. The average molecular weight is 429 g/mol. The highest BCUT2D eigenvalue weighted by molar-refractivity contribution is 5.82. The van der Waals surface area contributed by atoms with Crippen molar-refractivity contribution in [2.45, 2.75) is 83.8 Å². The lowest BCUT2D eigenvalue weighted by molar-refractivity contribution is -0.160. The van der Waals surface area contributed by atoms with Gasteiger partial charge < -0.3 is 9.84 Å². The predicted molar refractivity (Wildman–Crippen MR) is 119 cm³/mol. The van der Waals surface area contributed by atoms with Crippen molar-refractivity contribution in [1.29, 1.82) is 0 Å². The van der Waals surface area contributed by atoms with E-state index in [1.807, 2.05) is 12.3 Å². The zero-order valence-corrected chi connectivity index (χ0v) is 19.6. The van der Waals surface area contributed by atoms with Gasteiger partial charge >= 0.3 is 0 Å². The van der Waals surface area contributed by atoms with E-state index in [4.69, 9.17) is 4.74 Å². The third-order valence-electron chi connectivity index (χ3n) is 10.4. The quantitative estimate of drug-likeness (QED) is 0.751. The van der Waals surface area contributed by atoms with Crippen molar-refractivity contribution in [2.24, 2.45) is 40.4 Å². The van der Waals surface area contributed by atoms with E-state index in [0.29, 0.717) is 36.2 Å². The summed E-state index contributed by atoms with van der Waals surface area (Å²) in [6.45, 7) is 5.89. The van der Waals surface area contributed by atoms with Gasteiger partial charge in [-0.3, -0.25) is 9.48 Å². The monoisotopic (exact) mass is 428 g/mol. The highest BCUT2D eigenvalue weighted by Crippen LogP contribution is 2.69. The van der Waals surface area contributed by atoms with Crippen LogP contribution in [0.25, 0.3) is 0 Å². The number of carbonyl (C=O) groups is 1. The summed E-state index contributed by atoms with van der Waals surface area (Å²) < 4.78 is 7.14. The first-order valence-electron chi connectivity index (χ1n) is 12.5. The number of rotatable bonds is 5. The van der Waals surface area contributed by atoms with E-state index in [0.717, 1.165) is 37.5 Å². The Morgan fingerprint density at radius 2 is 1.94 bits per heavy atom. The second-order valence-electron chi connectivity index (χ2n) is 11.9. The van der Waals surface area contributed by atoms with Crippen LogP contribution >= 0.6 is 0 Å². The summed E-state index contributed by atoms with van der Waals surface area (Å²) in [4.78, 5) is 13.3. The maximum atomic E-state index is 13.3. The molecule has 4 aliphatic rings. The third kappa shape index (κ3) is 3.42. The Morgan fingerprint density at radius 1 is 1.13 bits per heavy atom. The number of hydrogen-bond acceptors (Lipinski definition) is 4. The minimum absolute atomic E-state index is 0.133. The number of nitrogens with zero attached hydrogens (tertiary/aromatic N) is 2. The number of aromatic nitrogens is 2. The Kier molecular flexibility index (Phi) is 5.37. The molecule has 0 radical (unpaired) electrons. The summed E-state index contributed by atoms with van der Waals surface area (Å²) in [5.41, 5.74) is -0.149. The van der Waals surface area contributed by atoms with E-state index in [1.54, 1.807) is 18.0 Å². The lowest BCUT2D eigenvalue weighted by Gasteiger charge is -2.62. The molecule has 0 spiro atoms. The van der Waals surface area contributed by atoms with E-state index in [9.17, 15) is 9.90 Å². The van der Waals surface area contributed by atoms with Crippen LogP contribution < -0.4 is 0 Å². The van der Waals surface area contributed by atoms with Crippen molar-refractivity contribution < 1.29 is 14.6 Å². The summed E-state index contributed by atoms with van der Waals surface area (Å²) in [6, 6.07) is 1.90. The Hall–Kier alpha value is -1.20. The Bertz CT molecular complexity index is 810. The van der Waals surface area contributed by atoms with Gasteiger partial charge in [-0.1, -0.05) is 13.8 Å². The molecule has 0 unspecified atom stereocenters. The van der Waals surface area contributed by atoms with Crippen LogP contribution in [0.1, 0.15) is 71.6 Å². The first-order chi connectivity index (χ1) is 14.8. The van der Waals surface area contributed by atoms with E-state index in [2.05, 4.69) is 18.9 Å². The van der Waals surface area contributed by atoms with Crippen molar-refractivity contribution in [3.05, 3.63) is 18.5 Å². The molecule has 31 heavy (non-hydrogen) atoms. The second-order valence-corrected chi connectivity index (χ2v) is 11.9. The SMILES string of the molecule is COC[C@@]1(O)CC[C@H]2[C@@H](CC[C@@]3(C)[C@@H]4CC[C@H](C(=O)Cn5cccn5)[C@@]4(C)CC[C@H]23)C1. The summed E-state index contributed by atoms with van der Waals surface area (Å²) in [5.74, 6) is 3.32. The molecule has 8 atom stereocenters. The highest BCUT2D eigenvalue weighted by Gasteiger charge is 2.63. The van der Waals surface area contributed by atoms with E-state index >= 15 is 0 Å². The number of ether oxygens (including phenoxy) is 1. The van der Waals surface area contributed by atoms with Gasteiger partial charge in [-0.2, -0.15) is 5.10 Å². The molecule has 5 heteroatoms. The smallest absolute Gasteiger partial charge is 0.157 e. The van der Waals surface area contributed by atoms with Crippen LogP contribution in [0.5, 0.6) is 0 Å². The van der Waals surface area contributed by atoms with Crippen LogP contribution in [0.3, 0.4) is 0 Å². The third-order valence-corrected chi connectivity index (χ3v) is 10.4. The van der Waals surface area contributed by atoms with Gasteiger partial charge in [0.2, 0.25) is 0 Å². The zero-order valence-electron chi connectivity index (χ0n) is 19.6. The maximum Gasteiger partial charge on any atom is 0.157 e. The van der Waals surface area contributed by atoms with Crippen molar-refractivity contribution in [3.63, 3.8) is 0 Å². The molecule has 172 valence electrons. The number of fused-ring (bicyclic) bond motifs is 5. The van der Waals surface area contributed by atoms with Crippen LogP contribution in [0, 0.1) is 40.4 Å². The summed E-state index contributed by atoms with van der Waals surface area (Å²) in [7, 11) is 1.70. The molecule has 0 aromatic carbocycles. The maximum absolute atomic E-state index is 13.3. The topological polar surface area (TPSA) is 64.3 Å². The molecule has 5 nitrogen and oxygen atoms in total. The fourth-order valence-corrected chi connectivity index (χ4v) is 9.13. The minimum Gasteiger partial charge on any atom is -0.387 e. The molecular weight excluding hydrogens is 388 g/mol. The molecule has 4 fully saturated rings. The van der Waals surface area contributed by atoms with Gasteiger partial charge in [0.1, 0.15) is 0 Å². The molecule has 1 aromatic heterocycles. The van der Waals surface area contributed by atoms with Crippen molar-refractivity contribution in [2.75, 3.05) is 13.7 Å². The van der Waals surface area contributed by atoms with Gasteiger partial charge in [0.25, 0.3) is 0 Å². The normalized spacial score (nSPS) is 46.8. The standard InChI is InChI=1S/C26H40N2O3/c1-24-10-7-18-15-26(30,17-31-3)12-8-19(18)20(24)9-11-25(2)21(5-6-23(24)25)22(29)16-28-14-4-13-27-28/h4,13-14,18-21,23,30H,5-12,15-17H2,1-3H3/t18-,19-,20+,21+,23-,24+,25+,26+/m0/s1. The number of carbonyl (C=O) groups excluding carboxylic acids is 1. The molecule has 1 heterocycles. The van der Waals surface area contributed by atoms with Gasteiger partial charge in [0.15, 0.2) is 5.78 Å². The molecule has 0 bridgehead atoms. The van der Waals surface area contributed by atoms with E-state index < -0.39 is 5.60 Å². The Labute approximate surface area is 186 Å². The highest BCUT2D eigenvalue weighted by atomic mass is 16.5. The molecule has 0 saturated heterocycles. The van der Waals surface area contributed by atoms with Crippen LogP contribution in [0.15, 0.2) is 18.5 Å². The van der Waals surface area contributed by atoms with Crippen molar-refractivity contribution in [1.82, 2.24) is 9.78 Å². The van der Waals surface area contributed by atoms with E-state index in [-0.39, 0.29) is 11.3 Å². The fraction of sp³-hybridized carbons (Fsp3) is 0.846. The fourth-order valence-electron chi connectivity index (χ4n) is 9.13. The van der Waals surface area contributed by atoms with Crippen molar-refractivity contribution in [3.8, 4) is 0 Å². The molecule has 0 amide bonds. The number of Topliss-reactive ketones (excluding diaryl/α,β-unsaturated/α-hetero) is 1. The summed E-state index contributed by atoms with van der Waals surface area (Å²) in [6.07, 6.45) is 13.7. The molecule has 4 aliphatic carbocycles. The predicted octanol–water partition coefficient (Wildman–Crippen LogP) is 4.49. The van der Waals surface area contributed by atoms with Crippen LogP contribution in [0.4, 0.5) is 0 Å². The number of hydrogen-bond donors (Lipinski definition) is 1. The molecule has 1 aromatic rings. The van der Waals surface area contributed by atoms with Gasteiger partial charge in [-0.25, -0.2) is 0 Å². The molecule has 1 N–H and O–H groups in total. The first-order valence-corrected chi connectivity index (χ1v) is 12.5. The first kappa shape index (κ1) is 21.6. The van der Waals surface area contributed by atoms with Gasteiger partial charge in [-0.05, 0) is 98.4 Å². The molecule has 4 saturated carbocycles. The van der Waals surface area contributed by atoms with Gasteiger partial charge in [-0.15, -0.1) is 0 Å². The van der Waals surface area contributed by atoms with Gasteiger partial charge in [0.05, 0.1) is 18.8 Å². The summed E-state index contributed by atoms with van der Waals surface area (Å²) in [5, 5.41) is 15.3. The number of methoxy groups -OCH3 is 1. The van der Waals surface area contributed by atoms with Crippen molar-refractivity contribution >= 4 is 5.78 Å². The molecule has 0 aliphatic heterocycles. The Morgan fingerprint density at radius 3 is 2.68 bits per heavy atom. The van der Waals surface area contributed by atoms with Crippen LogP contribution in [-0.4, -0.2) is 40.0 Å². The van der Waals surface area contributed by atoms with E-state index in [1.165, 1.54) is 32.1 Å². The second kappa shape index (κ2) is 7.69. The number of ketones is 1. The van der Waals surface area contributed by atoms with Crippen LogP contribution in [-0.2, 0) is 16.1 Å². The number of aliphatic hydroxyl groups is 1.